The van der Waals surface area contributed by atoms with E-state index in [1.807, 2.05) is 0 Å². The molecule has 0 fully saturated rings. The molecule has 1 aromatic carbocycles. The number of halogens is 3. The molecule has 0 aromatic heterocycles. The van der Waals surface area contributed by atoms with Crippen LogP contribution >= 0.6 is 0 Å². The van der Waals surface area contributed by atoms with E-state index in [0.29, 0.717) is 12.5 Å². The number of nitrogens with two attached hydrogens (primary N) is 1. The van der Waals surface area contributed by atoms with E-state index in [-0.39, 0.29) is 18.6 Å². The van der Waals surface area contributed by atoms with Crippen LogP contribution in [-0.2, 0) is 0 Å². The van der Waals surface area contributed by atoms with E-state index in [1.54, 1.807) is 0 Å². The molecule has 0 saturated carbocycles. The Bertz CT molecular complexity index is 344. The molecule has 2 nitrogen and oxygen atoms in total. The second-order valence-electron chi connectivity index (χ2n) is 3.26. The molecule has 84 valence electrons. The van der Waals surface area contributed by atoms with Crippen molar-refractivity contribution in [2.75, 3.05) is 6.61 Å². The molecule has 0 aliphatic carbocycles. The van der Waals surface area contributed by atoms with E-state index in [1.165, 1.54) is 0 Å². The fourth-order valence-corrected chi connectivity index (χ4v) is 1.31. The van der Waals surface area contributed by atoms with Crippen molar-refractivity contribution in [3.8, 4) is 0 Å². The molecule has 1 rings (SSSR count). The number of hydrogen-bond donors (Lipinski definition) is 2. The molecule has 3 N–H and O–H groups in total. The maximum atomic E-state index is 13.2. The first-order valence-corrected chi connectivity index (χ1v) is 4.57. The minimum absolute atomic E-state index is 0.0902. The zero-order valence-electron chi connectivity index (χ0n) is 8.01. The predicted octanol–water partition coefficient (Wildman–Crippen LogP) is 1.88. The Kier molecular flexibility index (Phi) is 4.11. The van der Waals surface area contributed by atoms with Gasteiger partial charge in [0, 0.05) is 24.3 Å². The Labute approximate surface area is 85.5 Å². The van der Waals surface area contributed by atoms with Crippen LogP contribution in [0.25, 0.3) is 0 Å². The average Bonchev–Trinajstić information content (AvgIpc) is 2.19. The maximum Gasteiger partial charge on any atom is 0.163 e. The summed E-state index contributed by atoms with van der Waals surface area (Å²) in [6, 6.07) is 0.542. The van der Waals surface area contributed by atoms with Crippen LogP contribution in [0.3, 0.4) is 0 Å². The fourth-order valence-electron chi connectivity index (χ4n) is 1.31. The fraction of sp³-hybridized carbons (Fsp3) is 0.400. The lowest BCUT2D eigenvalue weighted by Crippen LogP contribution is -2.14. The van der Waals surface area contributed by atoms with E-state index < -0.39 is 23.5 Å². The third kappa shape index (κ3) is 2.94. The molecule has 5 heteroatoms. The summed E-state index contributed by atoms with van der Waals surface area (Å²) in [5, 5.41) is 8.54. The van der Waals surface area contributed by atoms with E-state index in [2.05, 4.69) is 0 Å². The van der Waals surface area contributed by atoms with E-state index >= 15 is 0 Å². The van der Waals surface area contributed by atoms with Gasteiger partial charge >= 0.3 is 0 Å². The number of benzene rings is 1. The maximum absolute atomic E-state index is 13.2. The summed E-state index contributed by atoms with van der Waals surface area (Å²) in [7, 11) is 0. The standard InChI is InChI=1S/C10H12F3NO/c11-6-4-7(9(14)2-1-3-15)10(13)8(12)5-6/h4-5,9,15H,1-3,14H2/t9-/m0/s1. The highest BCUT2D eigenvalue weighted by Crippen LogP contribution is 2.22. The highest BCUT2D eigenvalue weighted by Gasteiger charge is 2.16. The van der Waals surface area contributed by atoms with Gasteiger partial charge in [0.15, 0.2) is 11.6 Å². The van der Waals surface area contributed by atoms with Crippen molar-refractivity contribution in [2.45, 2.75) is 18.9 Å². The van der Waals surface area contributed by atoms with Gasteiger partial charge in [-0.1, -0.05) is 0 Å². The van der Waals surface area contributed by atoms with Gasteiger partial charge in [0.2, 0.25) is 0 Å². The molecule has 15 heavy (non-hydrogen) atoms. The molecule has 0 heterocycles. The molecule has 1 atom stereocenters. The Morgan fingerprint density at radius 2 is 1.93 bits per heavy atom. The van der Waals surface area contributed by atoms with Crippen LogP contribution in [-0.4, -0.2) is 11.7 Å². The smallest absolute Gasteiger partial charge is 0.163 e. The number of aliphatic hydroxyl groups is 1. The number of aliphatic hydroxyl groups excluding tert-OH is 1. The molecule has 0 bridgehead atoms. The molecule has 0 aliphatic heterocycles. The van der Waals surface area contributed by atoms with Crippen LogP contribution < -0.4 is 5.73 Å². The van der Waals surface area contributed by atoms with E-state index in [4.69, 9.17) is 10.8 Å². The first kappa shape index (κ1) is 12.0. The van der Waals surface area contributed by atoms with Gasteiger partial charge < -0.3 is 10.8 Å². The second-order valence-corrected chi connectivity index (χ2v) is 3.26. The zero-order valence-corrected chi connectivity index (χ0v) is 8.01. The summed E-state index contributed by atoms with van der Waals surface area (Å²) in [6.45, 7) is -0.0902. The summed E-state index contributed by atoms with van der Waals surface area (Å²) in [6.07, 6.45) is 0.634. The molecular formula is C10H12F3NO. The van der Waals surface area contributed by atoms with Crippen molar-refractivity contribution < 1.29 is 18.3 Å². The molecule has 0 saturated heterocycles. The third-order valence-corrected chi connectivity index (χ3v) is 2.09. The van der Waals surface area contributed by atoms with Crippen molar-refractivity contribution in [2.24, 2.45) is 5.73 Å². The first-order valence-electron chi connectivity index (χ1n) is 4.57. The number of rotatable bonds is 4. The average molecular weight is 219 g/mol. The Morgan fingerprint density at radius 1 is 1.27 bits per heavy atom. The van der Waals surface area contributed by atoms with E-state index in [0.717, 1.165) is 6.07 Å². The SMILES string of the molecule is N[C@@H](CCCO)c1cc(F)cc(F)c1F. The molecule has 0 amide bonds. The van der Waals surface area contributed by atoms with Gasteiger partial charge in [0.05, 0.1) is 0 Å². The minimum Gasteiger partial charge on any atom is -0.396 e. The van der Waals surface area contributed by atoms with Crippen LogP contribution in [0.4, 0.5) is 13.2 Å². The highest BCUT2D eigenvalue weighted by atomic mass is 19.2. The normalized spacial score (nSPS) is 12.9. The topological polar surface area (TPSA) is 46.2 Å². The van der Waals surface area contributed by atoms with Gasteiger partial charge in [-0.3, -0.25) is 0 Å². The van der Waals surface area contributed by atoms with Crippen molar-refractivity contribution in [1.29, 1.82) is 0 Å². The largest absolute Gasteiger partial charge is 0.396 e. The van der Waals surface area contributed by atoms with Crippen molar-refractivity contribution >= 4 is 0 Å². The van der Waals surface area contributed by atoms with Crippen LogP contribution in [0.15, 0.2) is 12.1 Å². The van der Waals surface area contributed by atoms with Gasteiger partial charge in [-0.25, -0.2) is 13.2 Å². The van der Waals surface area contributed by atoms with E-state index in [9.17, 15) is 13.2 Å². The zero-order chi connectivity index (χ0) is 11.4. The lowest BCUT2D eigenvalue weighted by molar-refractivity contribution is 0.279. The first-order chi connectivity index (χ1) is 7.06. The lowest BCUT2D eigenvalue weighted by Gasteiger charge is -2.12. The molecule has 1 aromatic rings. The van der Waals surface area contributed by atoms with Crippen molar-refractivity contribution in [1.82, 2.24) is 0 Å². The van der Waals surface area contributed by atoms with Crippen LogP contribution in [0.5, 0.6) is 0 Å². The minimum atomic E-state index is -1.25. The van der Waals surface area contributed by atoms with Crippen molar-refractivity contribution in [3.63, 3.8) is 0 Å². The summed E-state index contributed by atoms with van der Waals surface area (Å²) in [5.41, 5.74) is 5.34. The van der Waals surface area contributed by atoms with Gasteiger partial charge in [0.25, 0.3) is 0 Å². The molecule has 0 spiro atoms. The lowest BCUT2D eigenvalue weighted by atomic mass is 10.0. The summed E-state index contributed by atoms with van der Waals surface area (Å²) in [5.74, 6) is -3.23. The van der Waals surface area contributed by atoms with Crippen LogP contribution in [0.1, 0.15) is 24.4 Å². The van der Waals surface area contributed by atoms with Gasteiger partial charge in [-0.15, -0.1) is 0 Å². The highest BCUT2D eigenvalue weighted by molar-refractivity contribution is 5.23. The Morgan fingerprint density at radius 3 is 2.53 bits per heavy atom. The number of hydrogen-bond acceptors (Lipinski definition) is 2. The molecular weight excluding hydrogens is 207 g/mol. The summed E-state index contributed by atoms with van der Waals surface area (Å²) < 4.78 is 38.8. The van der Waals surface area contributed by atoms with Crippen LogP contribution in [0.2, 0.25) is 0 Å². The van der Waals surface area contributed by atoms with Gasteiger partial charge in [-0.2, -0.15) is 0 Å². The molecule has 0 radical (unpaired) electrons. The summed E-state index contributed by atoms with van der Waals surface area (Å²) in [4.78, 5) is 0. The Balaban J connectivity index is 2.92. The van der Waals surface area contributed by atoms with Crippen LogP contribution in [0, 0.1) is 17.5 Å². The molecule has 0 unspecified atom stereocenters. The summed E-state index contributed by atoms with van der Waals surface area (Å²) >= 11 is 0. The van der Waals surface area contributed by atoms with Crippen molar-refractivity contribution in [3.05, 3.63) is 35.1 Å². The quantitative estimate of drug-likeness (QED) is 0.759. The monoisotopic (exact) mass is 219 g/mol. The van der Waals surface area contributed by atoms with Gasteiger partial charge in [-0.05, 0) is 18.9 Å². The third-order valence-electron chi connectivity index (χ3n) is 2.09. The second kappa shape index (κ2) is 5.14. The molecule has 0 aliphatic rings. The Hall–Kier alpha value is -1.07. The van der Waals surface area contributed by atoms with Gasteiger partial charge in [0.1, 0.15) is 5.82 Å². The predicted molar refractivity (Wildman–Crippen MR) is 49.6 cm³/mol.